The zero-order valence-electron chi connectivity index (χ0n) is 14.9. The predicted octanol–water partition coefficient (Wildman–Crippen LogP) is 3.96. The summed E-state index contributed by atoms with van der Waals surface area (Å²) in [7, 11) is 1.33. The Morgan fingerprint density at radius 3 is 2.36 bits per heavy atom. The minimum absolute atomic E-state index is 0.0325. The van der Waals surface area contributed by atoms with Gasteiger partial charge >= 0.3 is 5.97 Å². The number of rotatable bonds is 7. The molecule has 0 radical (unpaired) electrons. The first-order chi connectivity index (χ1) is 12.0. The van der Waals surface area contributed by atoms with Crippen molar-refractivity contribution in [1.29, 1.82) is 0 Å². The summed E-state index contributed by atoms with van der Waals surface area (Å²) in [6.07, 6.45) is 0. The van der Waals surface area contributed by atoms with Gasteiger partial charge in [0.1, 0.15) is 23.7 Å². The smallest absolute Gasteiger partial charge is 0.341 e. The molecule has 0 aliphatic heterocycles. The van der Waals surface area contributed by atoms with Gasteiger partial charge in [-0.05, 0) is 51.1 Å². The van der Waals surface area contributed by atoms with Crippen LogP contribution in [-0.4, -0.2) is 25.5 Å². The van der Waals surface area contributed by atoms with Crippen molar-refractivity contribution in [2.75, 3.05) is 13.7 Å². The van der Waals surface area contributed by atoms with E-state index in [4.69, 9.17) is 14.2 Å². The number of ether oxygens (including phenoxy) is 3. The van der Waals surface area contributed by atoms with Gasteiger partial charge < -0.3 is 14.2 Å². The van der Waals surface area contributed by atoms with E-state index in [0.29, 0.717) is 29.2 Å². The zero-order valence-corrected chi connectivity index (χ0v) is 14.9. The quantitative estimate of drug-likeness (QED) is 0.563. The summed E-state index contributed by atoms with van der Waals surface area (Å²) in [6.45, 7) is 5.96. The van der Waals surface area contributed by atoms with Crippen LogP contribution in [0.1, 0.15) is 45.7 Å². The highest BCUT2D eigenvalue weighted by Gasteiger charge is 2.15. The fraction of sp³-hybridized carbons (Fsp3) is 0.300. The molecule has 0 fully saturated rings. The minimum atomic E-state index is -0.457. The largest absolute Gasteiger partial charge is 0.493 e. The average molecular weight is 342 g/mol. The molecule has 0 amide bonds. The number of hydrogen-bond acceptors (Lipinski definition) is 5. The van der Waals surface area contributed by atoms with E-state index in [1.807, 2.05) is 19.9 Å². The first-order valence-electron chi connectivity index (χ1n) is 8.04. The van der Waals surface area contributed by atoms with Gasteiger partial charge in [0, 0.05) is 11.1 Å². The van der Waals surface area contributed by atoms with Crippen LogP contribution < -0.4 is 9.47 Å². The molecule has 0 bridgehead atoms. The molecule has 0 N–H and O–H groups in total. The van der Waals surface area contributed by atoms with Crippen molar-refractivity contribution in [2.45, 2.75) is 27.4 Å². The Morgan fingerprint density at radius 2 is 1.72 bits per heavy atom. The van der Waals surface area contributed by atoms with E-state index in [1.165, 1.54) is 14.0 Å². The van der Waals surface area contributed by atoms with Gasteiger partial charge in [0.05, 0.1) is 13.7 Å². The maximum absolute atomic E-state index is 11.9. The van der Waals surface area contributed by atoms with Crippen LogP contribution in [0, 0.1) is 6.92 Å². The Hall–Kier alpha value is -2.82. The normalized spacial score (nSPS) is 10.2. The first-order valence-corrected chi connectivity index (χ1v) is 8.04. The third-order valence-corrected chi connectivity index (χ3v) is 3.69. The van der Waals surface area contributed by atoms with Crippen LogP contribution in [0.15, 0.2) is 36.4 Å². The van der Waals surface area contributed by atoms with Crippen molar-refractivity contribution in [1.82, 2.24) is 0 Å². The van der Waals surface area contributed by atoms with Crippen molar-refractivity contribution in [2.24, 2.45) is 0 Å². The van der Waals surface area contributed by atoms with Crippen molar-refractivity contribution < 1.29 is 23.8 Å². The molecule has 0 aliphatic carbocycles. The molecule has 2 aromatic carbocycles. The number of esters is 1. The van der Waals surface area contributed by atoms with Crippen molar-refractivity contribution >= 4 is 11.8 Å². The van der Waals surface area contributed by atoms with E-state index in [9.17, 15) is 9.59 Å². The summed E-state index contributed by atoms with van der Waals surface area (Å²) < 4.78 is 16.2. The first kappa shape index (κ1) is 18.5. The van der Waals surface area contributed by atoms with E-state index in [1.54, 1.807) is 30.3 Å². The molecule has 0 atom stereocenters. The van der Waals surface area contributed by atoms with Crippen LogP contribution in [-0.2, 0) is 11.3 Å². The maximum Gasteiger partial charge on any atom is 0.341 e. The molecule has 25 heavy (non-hydrogen) atoms. The Kier molecular flexibility index (Phi) is 6.17. The van der Waals surface area contributed by atoms with Crippen LogP contribution in [0.3, 0.4) is 0 Å². The SMILES string of the molecule is CCOc1ccc(C(C)=O)cc1COc1ccc(C)cc1C(=O)OC. The zero-order chi connectivity index (χ0) is 18.4. The van der Waals surface area contributed by atoms with Gasteiger partial charge in [0.25, 0.3) is 0 Å². The fourth-order valence-corrected chi connectivity index (χ4v) is 2.40. The Morgan fingerprint density at radius 1 is 1.00 bits per heavy atom. The summed E-state index contributed by atoms with van der Waals surface area (Å²) >= 11 is 0. The molecule has 0 heterocycles. The Labute approximate surface area is 147 Å². The van der Waals surface area contributed by atoms with E-state index < -0.39 is 5.97 Å². The van der Waals surface area contributed by atoms with Gasteiger partial charge in [-0.1, -0.05) is 11.6 Å². The monoisotopic (exact) mass is 342 g/mol. The van der Waals surface area contributed by atoms with E-state index in [2.05, 4.69) is 0 Å². The van der Waals surface area contributed by atoms with Crippen molar-refractivity contribution in [3.8, 4) is 11.5 Å². The number of carbonyl (C=O) groups is 2. The Bertz CT molecular complexity index is 780. The fourth-order valence-electron chi connectivity index (χ4n) is 2.40. The van der Waals surface area contributed by atoms with Crippen LogP contribution in [0.5, 0.6) is 11.5 Å². The Balaban J connectivity index is 2.30. The van der Waals surface area contributed by atoms with Crippen LogP contribution >= 0.6 is 0 Å². The molecule has 2 rings (SSSR count). The van der Waals surface area contributed by atoms with E-state index in [-0.39, 0.29) is 12.4 Å². The topological polar surface area (TPSA) is 61.8 Å². The summed E-state index contributed by atoms with van der Waals surface area (Å²) in [6, 6.07) is 10.5. The lowest BCUT2D eigenvalue weighted by Gasteiger charge is -2.14. The predicted molar refractivity (Wildman–Crippen MR) is 94.5 cm³/mol. The molecule has 5 nitrogen and oxygen atoms in total. The molecule has 132 valence electrons. The number of Topliss-reactive ketones (excluding diaryl/α,β-unsaturated/α-hetero) is 1. The number of carbonyl (C=O) groups excluding carboxylic acids is 2. The van der Waals surface area contributed by atoms with Gasteiger partial charge in [0.15, 0.2) is 5.78 Å². The second kappa shape index (κ2) is 8.33. The second-order valence-electron chi connectivity index (χ2n) is 5.59. The maximum atomic E-state index is 11.9. The molecular weight excluding hydrogens is 320 g/mol. The van der Waals surface area contributed by atoms with Gasteiger partial charge in [0.2, 0.25) is 0 Å². The van der Waals surface area contributed by atoms with Crippen LogP contribution in [0.2, 0.25) is 0 Å². The average Bonchev–Trinajstić information content (AvgIpc) is 2.60. The lowest BCUT2D eigenvalue weighted by molar-refractivity contribution is 0.0595. The lowest BCUT2D eigenvalue weighted by Crippen LogP contribution is -2.08. The second-order valence-corrected chi connectivity index (χ2v) is 5.59. The number of ketones is 1. The highest BCUT2D eigenvalue weighted by atomic mass is 16.5. The number of aryl methyl sites for hydroxylation is 1. The summed E-state index contributed by atoms with van der Waals surface area (Å²) in [5.41, 5.74) is 2.62. The van der Waals surface area contributed by atoms with Gasteiger partial charge in [-0.3, -0.25) is 4.79 Å². The van der Waals surface area contributed by atoms with Gasteiger partial charge in [-0.15, -0.1) is 0 Å². The van der Waals surface area contributed by atoms with E-state index >= 15 is 0 Å². The van der Waals surface area contributed by atoms with Gasteiger partial charge in [-0.2, -0.15) is 0 Å². The number of hydrogen-bond donors (Lipinski definition) is 0. The number of methoxy groups -OCH3 is 1. The van der Waals surface area contributed by atoms with Gasteiger partial charge in [-0.25, -0.2) is 4.79 Å². The minimum Gasteiger partial charge on any atom is -0.493 e. The summed E-state index contributed by atoms with van der Waals surface area (Å²) in [5, 5.41) is 0. The van der Waals surface area contributed by atoms with Crippen LogP contribution in [0.4, 0.5) is 0 Å². The molecule has 0 unspecified atom stereocenters. The molecule has 5 heteroatoms. The highest BCUT2D eigenvalue weighted by molar-refractivity contribution is 5.94. The summed E-state index contributed by atoms with van der Waals surface area (Å²) in [5.74, 6) is 0.587. The molecule has 0 saturated carbocycles. The third-order valence-electron chi connectivity index (χ3n) is 3.69. The highest BCUT2D eigenvalue weighted by Crippen LogP contribution is 2.26. The standard InChI is InChI=1S/C20H22O5/c1-5-24-18-9-7-15(14(3)21)11-16(18)12-25-19-8-6-13(2)10-17(19)20(22)23-4/h6-11H,5,12H2,1-4H3. The molecular formula is C20H22O5. The molecule has 0 saturated heterocycles. The third kappa shape index (κ3) is 4.59. The number of benzene rings is 2. The van der Waals surface area contributed by atoms with Crippen molar-refractivity contribution in [3.63, 3.8) is 0 Å². The lowest BCUT2D eigenvalue weighted by atomic mass is 10.1. The van der Waals surface area contributed by atoms with E-state index in [0.717, 1.165) is 11.1 Å². The summed E-state index contributed by atoms with van der Waals surface area (Å²) in [4.78, 5) is 23.6. The van der Waals surface area contributed by atoms with Crippen LogP contribution in [0.25, 0.3) is 0 Å². The molecule has 2 aromatic rings. The molecule has 0 aliphatic rings. The molecule has 0 spiro atoms. The van der Waals surface area contributed by atoms with Crippen molar-refractivity contribution in [3.05, 3.63) is 58.7 Å². The molecule has 0 aromatic heterocycles.